The van der Waals surface area contributed by atoms with E-state index in [1.54, 1.807) is 0 Å². The first-order valence-corrected chi connectivity index (χ1v) is 10.4. The Bertz CT molecular complexity index is 831. The number of carbonyl (C=O) groups is 1. The molecule has 0 atom stereocenters. The molecule has 128 valence electrons. The second-order valence-corrected chi connectivity index (χ2v) is 8.86. The summed E-state index contributed by atoms with van der Waals surface area (Å²) in [6.45, 7) is 1.41. The monoisotopic (exact) mass is 345 g/mol. The fraction of sp³-hybridized carbons (Fsp3) is 0.421. The van der Waals surface area contributed by atoms with Gasteiger partial charge in [0.1, 0.15) is 9.84 Å². The van der Waals surface area contributed by atoms with E-state index in [9.17, 15) is 13.2 Å². The number of amides is 1. The zero-order valence-corrected chi connectivity index (χ0v) is 14.8. The van der Waals surface area contributed by atoms with Crippen molar-refractivity contribution in [1.29, 1.82) is 0 Å². The Morgan fingerprint density at radius 3 is 2.46 bits per heavy atom. The van der Waals surface area contributed by atoms with Crippen LogP contribution in [0.15, 0.2) is 42.5 Å². The van der Waals surface area contributed by atoms with Crippen molar-refractivity contribution in [2.75, 3.05) is 25.1 Å². The molecule has 1 saturated heterocycles. The number of rotatable bonds is 4. The van der Waals surface area contributed by atoms with E-state index in [4.69, 9.17) is 0 Å². The van der Waals surface area contributed by atoms with Crippen LogP contribution in [0.4, 0.5) is 0 Å². The average molecular weight is 345 g/mol. The smallest absolute Gasteiger partial charge is 0.223 e. The first kappa shape index (κ1) is 17.0. The molecule has 0 radical (unpaired) electrons. The van der Waals surface area contributed by atoms with Crippen LogP contribution in [-0.2, 0) is 14.6 Å². The molecule has 1 aliphatic rings. The number of fused-ring (bicyclic) bond motifs is 1. The standard InChI is InChI=1S/C19H23NO3S/c1-24(22,23)14-11-19(21)20-12-9-16(10-13-20)18-8-4-6-15-5-2-3-7-17(15)18/h2-8,16H,9-14H2,1H3. The van der Waals surface area contributed by atoms with E-state index in [1.165, 1.54) is 22.6 Å². The van der Waals surface area contributed by atoms with Gasteiger partial charge in [0.05, 0.1) is 5.75 Å². The molecule has 24 heavy (non-hydrogen) atoms. The first-order chi connectivity index (χ1) is 11.4. The molecule has 0 N–H and O–H groups in total. The maximum atomic E-state index is 12.2. The third-order valence-electron chi connectivity index (χ3n) is 4.80. The zero-order chi connectivity index (χ0) is 17.2. The summed E-state index contributed by atoms with van der Waals surface area (Å²) in [6, 6.07) is 14.8. The summed E-state index contributed by atoms with van der Waals surface area (Å²) in [5.74, 6) is 0.349. The van der Waals surface area contributed by atoms with E-state index < -0.39 is 9.84 Å². The predicted octanol–water partition coefficient (Wildman–Crippen LogP) is 2.98. The van der Waals surface area contributed by atoms with Crippen LogP contribution in [0.1, 0.15) is 30.7 Å². The van der Waals surface area contributed by atoms with E-state index >= 15 is 0 Å². The highest BCUT2D eigenvalue weighted by Crippen LogP contribution is 2.33. The summed E-state index contributed by atoms with van der Waals surface area (Å²) in [6.07, 6.45) is 3.13. The number of nitrogens with zero attached hydrogens (tertiary/aromatic N) is 1. The molecule has 4 nitrogen and oxygen atoms in total. The topological polar surface area (TPSA) is 54.5 Å². The number of hydrogen-bond acceptors (Lipinski definition) is 3. The number of piperidine rings is 1. The summed E-state index contributed by atoms with van der Waals surface area (Å²) in [7, 11) is -3.08. The molecule has 3 rings (SSSR count). The molecule has 0 aromatic heterocycles. The summed E-state index contributed by atoms with van der Waals surface area (Å²) in [5, 5.41) is 2.54. The van der Waals surface area contributed by atoms with E-state index in [0.717, 1.165) is 12.8 Å². The number of benzene rings is 2. The van der Waals surface area contributed by atoms with Gasteiger partial charge in [-0.25, -0.2) is 8.42 Å². The van der Waals surface area contributed by atoms with Crippen LogP contribution in [0, 0.1) is 0 Å². The Balaban J connectivity index is 1.65. The van der Waals surface area contributed by atoms with Crippen molar-refractivity contribution in [3.63, 3.8) is 0 Å². The van der Waals surface area contributed by atoms with Gasteiger partial charge in [0, 0.05) is 25.8 Å². The summed E-state index contributed by atoms with van der Waals surface area (Å²) < 4.78 is 22.4. The molecule has 0 spiro atoms. The predicted molar refractivity (Wildman–Crippen MR) is 96.8 cm³/mol. The third-order valence-corrected chi connectivity index (χ3v) is 5.74. The van der Waals surface area contributed by atoms with E-state index in [1.807, 2.05) is 4.90 Å². The molecule has 0 saturated carbocycles. The van der Waals surface area contributed by atoms with Gasteiger partial charge < -0.3 is 4.90 Å². The van der Waals surface area contributed by atoms with Gasteiger partial charge in [-0.15, -0.1) is 0 Å². The molecular weight excluding hydrogens is 322 g/mol. The second-order valence-electron chi connectivity index (χ2n) is 6.60. The molecule has 5 heteroatoms. The molecule has 2 aromatic carbocycles. The van der Waals surface area contributed by atoms with Gasteiger partial charge in [-0.2, -0.15) is 0 Å². The SMILES string of the molecule is CS(=O)(=O)CCC(=O)N1CCC(c2cccc3ccccc23)CC1. The van der Waals surface area contributed by atoms with Gasteiger partial charge in [0.15, 0.2) is 0 Å². The first-order valence-electron chi connectivity index (χ1n) is 8.37. The Morgan fingerprint density at radius 1 is 1.08 bits per heavy atom. The quantitative estimate of drug-likeness (QED) is 0.856. The van der Waals surface area contributed by atoms with Crippen LogP contribution in [0.25, 0.3) is 10.8 Å². The highest BCUT2D eigenvalue weighted by Gasteiger charge is 2.25. The maximum Gasteiger partial charge on any atom is 0.223 e. The van der Waals surface area contributed by atoms with Crippen LogP contribution in [0.5, 0.6) is 0 Å². The summed E-state index contributed by atoms with van der Waals surface area (Å²) in [4.78, 5) is 14.0. The number of likely N-dealkylation sites (tertiary alicyclic amines) is 1. The number of hydrogen-bond donors (Lipinski definition) is 0. The highest BCUT2D eigenvalue weighted by molar-refractivity contribution is 7.90. The van der Waals surface area contributed by atoms with Crippen LogP contribution in [0.2, 0.25) is 0 Å². The second kappa shape index (κ2) is 6.93. The lowest BCUT2D eigenvalue weighted by molar-refractivity contribution is -0.131. The summed E-state index contributed by atoms with van der Waals surface area (Å²) >= 11 is 0. The molecule has 0 unspecified atom stereocenters. The van der Waals surface area contributed by atoms with Crippen molar-refractivity contribution in [1.82, 2.24) is 4.90 Å². The van der Waals surface area contributed by atoms with Crippen molar-refractivity contribution in [3.05, 3.63) is 48.0 Å². The Hall–Kier alpha value is -1.88. The van der Waals surface area contributed by atoms with E-state index in [2.05, 4.69) is 42.5 Å². The Labute approximate surface area is 143 Å². The largest absolute Gasteiger partial charge is 0.343 e. The van der Waals surface area contributed by atoms with Gasteiger partial charge in [-0.3, -0.25) is 4.79 Å². The molecule has 2 aromatic rings. The number of sulfone groups is 1. The average Bonchev–Trinajstić information content (AvgIpc) is 2.59. The van der Waals surface area contributed by atoms with Gasteiger partial charge in [-0.1, -0.05) is 42.5 Å². The van der Waals surface area contributed by atoms with Crippen molar-refractivity contribution >= 4 is 26.5 Å². The van der Waals surface area contributed by atoms with Gasteiger partial charge in [0.25, 0.3) is 0 Å². The van der Waals surface area contributed by atoms with Gasteiger partial charge >= 0.3 is 0 Å². The fourth-order valence-electron chi connectivity index (χ4n) is 3.48. The minimum Gasteiger partial charge on any atom is -0.343 e. The molecule has 0 aliphatic carbocycles. The van der Waals surface area contributed by atoms with Crippen LogP contribution in [0.3, 0.4) is 0 Å². The minimum absolute atomic E-state index is 0.0446. The molecule has 0 bridgehead atoms. The lowest BCUT2D eigenvalue weighted by Crippen LogP contribution is -2.38. The normalized spacial score (nSPS) is 16.5. The summed E-state index contributed by atoms with van der Waals surface area (Å²) in [5.41, 5.74) is 1.36. The molecular formula is C19H23NO3S. The maximum absolute atomic E-state index is 12.2. The molecule has 1 fully saturated rings. The van der Waals surface area contributed by atoms with Crippen molar-refractivity contribution in [2.45, 2.75) is 25.2 Å². The van der Waals surface area contributed by atoms with Crippen LogP contribution >= 0.6 is 0 Å². The zero-order valence-electron chi connectivity index (χ0n) is 13.9. The third kappa shape index (κ3) is 3.96. The Kier molecular flexibility index (Phi) is 4.90. The molecule has 1 amide bonds. The van der Waals surface area contributed by atoms with E-state index in [0.29, 0.717) is 19.0 Å². The van der Waals surface area contributed by atoms with Crippen molar-refractivity contribution in [2.24, 2.45) is 0 Å². The molecule has 1 aliphatic heterocycles. The number of carbonyl (C=O) groups excluding carboxylic acids is 1. The fourth-order valence-corrected chi connectivity index (χ4v) is 4.02. The Morgan fingerprint density at radius 2 is 1.75 bits per heavy atom. The van der Waals surface area contributed by atoms with Gasteiger partial charge in [-0.05, 0) is 35.1 Å². The molecule has 1 heterocycles. The van der Waals surface area contributed by atoms with Crippen LogP contribution < -0.4 is 0 Å². The lowest BCUT2D eigenvalue weighted by atomic mass is 9.86. The van der Waals surface area contributed by atoms with Crippen molar-refractivity contribution < 1.29 is 13.2 Å². The van der Waals surface area contributed by atoms with E-state index in [-0.39, 0.29) is 18.1 Å². The minimum atomic E-state index is -3.08. The highest BCUT2D eigenvalue weighted by atomic mass is 32.2. The lowest BCUT2D eigenvalue weighted by Gasteiger charge is -2.32. The van der Waals surface area contributed by atoms with Gasteiger partial charge in [0.2, 0.25) is 5.91 Å². The van der Waals surface area contributed by atoms with Crippen LogP contribution in [-0.4, -0.2) is 44.3 Å². The van der Waals surface area contributed by atoms with Crippen molar-refractivity contribution in [3.8, 4) is 0 Å².